The zero-order valence-corrected chi connectivity index (χ0v) is 21.4. The topological polar surface area (TPSA) is 115 Å². The maximum absolute atomic E-state index is 13.5. The summed E-state index contributed by atoms with van der Waals surface area (Å²) in [5.74, 6) is 0.438. The van der Waals surface area contributed by atoms with Gasteiger partial charge in [0.1, 0.15) is 17.5 Å². The van der Waals surface area contributed by atoms with Crippen LogP contribution in [0.2, 0.25) is 0 Å². The highest BCUT2D eigenvalue weighted by Crippen LogP contribution is 2.43. The first-order valence-corrected chi connectivity index (χ1v) is 12.5. The molecule has 1 saturated heterocycles. The van der Waals surface area contributed by atoms with Crippen molar-refractivity contribution in [3.8, 4) is 5.75 Å². The zero-order chi connectivity index (χ0) is 26.0. The van der Waals surface area contributed by atoms with Crippen molar-refractivity contribution in [1.82, 2.24) is 15.5 Å². The van der Waals surface area contributed by atoms with E-state index in [1.54, 1.807) is 24.8 Å². The number of hydrogen-bond donors (Lipinski definition) is 4. The van der Waals surface area contributed by atoms with Crippen LogP contribution in [-0.4, -0.2) is 45.0 Å². The first-order chi connectivity index (χ1) is 16.9. The first-order valence-electron chi connectivity index (χ1n) is 12.5. The van der Waals surface area contributed by atoms with Gasteiger partial charge in [0.25, 0.3) is 5.91 Å². The molecule has 0 saturated carbocycles. The van der Waals surface area contributed by atoms with Crippen molar-refractivity contribution in [2.75, 3.05) is 0 Å². The van der Waals surface area contributed by atoms with Crippen molar-refractivity contribution in [2.45, 2.75) is 76.8 Å². The molecule has 2 aliphatic heterocycles. The summed E-state index contributed by atoms with van der Waals surface area (Å²) in [6, 6.07) is 12.0. The summed E-state index contributed by atoms with van der Waals surface area (Å²) in [6.45, 7) is 9.50. The van der Waals surface area contributed by atoms with Crippen molar-refractivity contribution in [3.63, 3.8) is 0 Å². The molecule has 0 spiro atoms. The summed E-state index contributed by atoms with van der Waals surface area (Å²) in [5.41, 5.74) is 1.80. The molecule has 2 aromatic carbocycles. The van der Waals surface area contributed by atoms with Gasteiger partial charge in [0, 0.05) is 23.1 Å². The second kappa shape index (κ2) is 8.34. The maximum Gasteiger partial charge on any atom is 0.251 e. The normalized spacial score (nSPS) is 28.0. The summed E-state index contributed by atoms with van der Waals surface area (Å²) < 4.78 is 5.97. The number of rotatable bonds is 3. The van der Waals surface area contributed by atoms with E-state index in [9.17, 15) is 14.7 Å². The highest BCUT2D eigenvalue weighted by Gasteiger charge is 2.45. The van der Waals surface area contributed by atoms with Gasteiger partial charge >= 0.3 is 0 Å². The number of hydrogen-bond acceptors (Lipinski definition) is 5. The number of para-hydroxylation sites is 1. The van der Waals surface area contributed by atoms with Gasteiger partial charge < -0.3 is 20.5 Å². The molecule has 8 heteroatoms. The van der Waals surface area contributed by atoms with E-state index in [1.165, 1.54) is 0 Å². The minimum atomic E-state index is -0.945. The molecule has 0 aromatic heterocycles. The average Bonchev–Trinajstić information content (AvgIpc) is 3.10. The molecule has 4 N–H and O–H groups in total. The summed E-state index contributed by atoms with van der Waals surface area (Å²) >= 11 is 0. The molecule has 190 valence electrons. The number of carbonyl (C=O) groups excluding carboxylic acids is 2. The van der Waals surface area contributed by atoms with E-state index in [1.807, 2.05) is 50.2 Å². The van der Waals surface area contributed by atoms with Crippen molar-refractivity contribution in [2.24, 2.45) is 5.92 Å². The smallest absolute Gasteiger partial charge is 0.251 e. The van der Waals surface area contributed by atoms with Crippen LogP contribution >= 0.6 is 0 Å². The average molecular weight is 491 g/mol. The van der Waals surface area contributed by atoms with E-state index >= 15 is 0 Å². The number of ether oxygens (including phenoxy) is 1. The summed E-state index contributed by atoms with van der Waals surface area (Å²) in [4.78, 5) is 28.1. The third-order valence-electron chi connectivity index (χ3n) is 7.59. The lowest BCUT2D eigenvalue weighted by Gasteiger charge is -2.42. The molecule has 2 heterocycles. The molecule has 8 nitrogen and oxygen atoms in total. The first kappa shape index (κ1) is 24.3. The van der Waals surface area contributed by atoms with Gasteiger partial charge in [0.15, 0.2) is 5.96 Å². The van der Waals surface area contributed by atoms with Gasteiger partial charge in [-0.25, -0.2) is 0 Å². The van der Waals surface area contributed by atoms with Crippen molar-refractivity contribution < 1.29 is 19.4 Å². The fraction of sp³-hybridized carbons (Fsp3) is 0.464. The SMILES string of the molecule is C[C@H]1Cc2ccc(C(=O)N[C@@H]3c4ccccc4OC(C)(C)[C@H]3O)cc2[C@H]1N1C(=N)NC(C)(C)CC1=O. The summed E-state index contributed by atoms with van der Waals surface area (Å²) in [6.07, 6.45) is 0.118. The Hall–Kier alpha value is -3.39. The number of benzene rings is 2. The van der Waals surface area contributed by atoms with Crippen LogP contribution in [0.4, 0.5) is 0 Å². The molecule has 1 aliphatic carbocycles. The summed E-state index contributed by atoms with van der Waals surface area (Å²) in [7, 11) is 0. The predicted octanol–water partition coefficient (Wildman–Crippen LogP) is 3.46. The van der Waals surface area contributed by atoms with E-state index in [-0.39, 0.29) is 29.7 Å². The Kier molecular flexibility index (Phi) is 5.63. The Labute approximate surface area is 211 Å². The van der Waals surface area contributed by atoms with Gasteiger partial charge in [-0.15, -0.1) is 0 Å². The molecule has 2 aromatic rings. The van der Waals surface area contributed by atoms with Crippen molar-refractivity contribution in [3.05, 3.63) is 64.7 Å². The Morgan fingerprint density at radius 3 is 2.61 bits per heavy atom. The monoisotopic (exact) mass is 490 g/mol. The number of carbonyl (C=O) groups is 2. The lowest BCUT2D eigenvalue weighted by molar-refractivity contribution is -0.132. The molecule has 0 bridgehead atoms. The summed E-state index contributed by atoms with van der Waals surface area (Å²) in [5, 5.41) is 25.7. The fourth-order valence-corrected chi connectivity index (χ4v) is 5.79. The number of nitrogens with one attached hydrogen (secondary N) is 3. The van der Waals surface area contributed by atoms with Gasteiger partial charge in [-0.3, -0.25) is 19.9 Å². The number of guanidine groups is 1. The van der Waals surface area contributed by atoms with Crippen LogP contribution in [0, 0.1) is 11.3 Å². The predicted molar refractivity (Wildman–Crippen MR) is 136 cm³/mol. The largest absolute Gasteiger partial charge is 0.485 e. The molecule has 3 aliphatic rings. The molecular formula is C28H34N4O4. The molecular weight excluding hydrogens is 456 g/mol. The Bertz CT molecular complexity index is 1230. The van der Waals surface area contributed by atoms with Gasteiger partial charge in [0.2, 0.25) is 5.91 Å². The van der Waals surface area contributed by atoms with Gasteiger partial charge in [-0.2, -0.15) is 0 Å². The van der Waals surface area contributed by atoms with E-state index in [0.717, 1.165) is 23.1 Å². The highest BCUT2D eigenvalue weighted by atomic mass is 16.5. The number of nitrogens with zero attached hydrogens (tertiary/aromatic N) is 1. The minimum Gasteiger partial charge on any atom is -0.485 e. The van der Waals surface area contributed by atoms with Crippen LogP contribution in [0.3, 0.4) is 0 Å². The zero-order valence-electron chi connectivity index (χ0n) is 21.4. The number of aliphatic hydroxyl groups is 1. The van der Waals surface area contributed by atoms with E-state index in [4.69, 9.17) is 10.1 Å². The lowest BCUT2D eigenvalue weighted by atomic mass is 9.86. The Balaban J connectivity index is 1.44. The quantitative estimate of drug-likeness (QED) is 0.526. The third kappa shape index (κ3) is 4.03. The third-order valence-corrected chi connectivity index (χ3v) is 7.59. The second-order valence-electron chi connectivity index (χ2n) is 11.5. The van der Waals surface area contributed by atoms with Crippen LogP contribution in [0.1, 0.15) is 80.2 Å². The van der Waals surface area contributed by atoms with Crippen LogP contribution in [0.25, 0.3) is 0 Å². The van der Waals surface area contributed by atoms with E-state index < -0.39 is 23.3 Å². The molecule has 5 rings (SSSR count). The molecule has 36 heavy (non-hydrogen) atoms. The molecule has 0 unspecified atom stereocenters. The lowest BCUT2D eigenvalue weighted by Crippen LogP contribution is -2.60. The molecule has 1 fully saturated rings. The van der Waals surface area contributed by atoms with Crippen LogP contribution in [-0.2, 0) is 11.2 Å². The van der Waals surface area contributed by atoms with E-state index in [2.05, 4.69) is 17.6 Å². The van der Waals surface area contributed by atoms with E-state index in [0.29, 0.717) is 17.7 Å². The second-order valence-corrected chi connectivity index (χ2v) is 11.5. The van der Waals surface area contributed by atoms with Gasteiger partial charge in [-0.05, 0) is 69.4 Å². The minimum absolute atomic E-state index is 0.0903. The number of aliphatic hydroxyl groups excluding tert-OH is 1. The number of amides is 2. The van der Waals surface area contributed by atoms with Crippen molar-refractivity contribution >= 4 is 17.8 Å². The Morgan fingerprint density at radius 1 is 1.17 bits per heavy atom. The standard InChI is InChI=1S/C28H34N4O4/c1-15-12-16-10-11-17(13-19(16)23(15)32-21(33)14-27(2,3)31-26(32)29)25(35)30-22-18-8-6-7-9-20(18)36-28(4,5)24(22)34/h6-11,13,15,22-24,34H,12,14H2,1-5H3,(H2,29,31)(H,30,35)/t15-,22+,23-,24-/m0/s1. The van der Waals surface area contributed by atoms with Gasteiger partial charge in [0.05, 0.1) is 12.1 Å². The molecule has 0 radical (unpaired) electrons. The van der Waals surface area contributed by atoms with Crippen LogP contribution < -0.4 is 15.4 Å². The molecule has 2 amide bonds. The number of fused-ring (bicyclic) bond motifs is 2. The van der Waals surface area contributed by atoms with Crippen molar-refractivity contribution in [1.29, 1.82) is 5.41 Å². The van der Waals surface area contributed by atoms with Crippen LogP contribution in [0.5, 0.6) is 5.75 Å². The fourth-order valence-electron chi connectivity index (χ4n) is 5.79. The highest BCUT2D eigenvalue weighted by molar-refractivity contribution is 6.00. The van der Waals surface area contributed by atoms with Crippen LogP contribution in [0.15, 0.2) is 42.5 Å². The van der Waals surface area contributed by atoms with Gasteiger partial charge in [-0.1, -0.05) is 31.2 Å². The Morgan fingerprint density at radius 2 is 1.89 bits per heavy atom. The maximum atomic E-state index is 13.5. The molecule has 4 atom stereocenters.